The van der Waals surface area contributed by atoms with Crippen LogP contribution < -0.4 is 30.6 Å². The van der Waals surface area contributed by atoms with Crippen LogP contribution in [0.25, 0.3) is 21.2 Å². The zero-order valence-electron chi connectivity index (χ0n) is 34.3. The van der Waals surface area contributed by atoms with Crippen LogP contribution in [0.3, 0.4) is 0 Å². The lowest BCUT2D eigenvalue weighted by Crippen LogP contribution is -2.61. The molecule has 0 bridgehead atoms. The molecule has 0 saturated carbocycles. The molecular formula is C43H49F2N7O7S. The minimum atomic E-state index is -3.20. The van der Waals surface area contributed by atoms with Gasteiger partial charge in [-0.3, -0.25) is 34.2 Å². The van der Waals surface area contributed by atoms with Crippen molar-refractivity contribution in [1.82, 2.24) is 29.9 Å². The molecule has 0 unspecified atom stereocenters. The Labute approximate surface area is 350 Å². The van der Waals surface area contributed by atoms with Crippen molar-refractivity contribution in [2.24, 2.45) is 7.05 Å². The molecule has 0 aliphatic carbocycles. The number of nitrogens with zero attached hydrogens (tertiary/aromatic N) is 5. The molecule has 2 aromatic carbocycles. The van der Waals surface area contributed by atoms with Crippen molar-refractivity contribution in [3.05, 3.63) is 74.5 Å². The van der Waals surface area contributed by atoms with Crippen LogP contribution >= 0.6 is 11.3 Å². The third-order valence-electron chi connectivity index (χ3n) is 12.3. The highest BCUT2D eigenvalue weighted by Gasteiger charge is 2.47. The van der Waals surface area contributed by atoms with Gasteiger partial charge in [0.15, 0.2) is 0 Å². The number of carbonyl (C=O) groups is 4. The summed E-state index contributed by atoms with van der Waals surface area (Å²) in [6.07, 6.45) is 3.54. The van der Waals surface area contributed by atoms with Crippen molar-refractivity contribution in [3.63, 3.8) is 0 Å². The Balaban J connectivity index is 0.913. The molecule has 8 rings (SSSR count). The molecule has 17 heteroatoms. The van der Waals surface area contributed by atoms with E-state index in [9.17, 15) is 24.0 Å². The number of fused-ring (bicyclic) bond motifs is 2. The number of aromatic nitrogens is 1. The minimum absolute atomic E-state index is 0.0619. The van der Waals surface area contributed by atoms with Gasteiger partial charge in [0.2, 0.25) is 11.8 Å². The topological polar surface area (TPSA) is 146 Å². The number of piperidine rings is 3. The number of carbonyl (C=O) groups excluding carboxylic acids is 4. The number of thiophene rings is 1. The Morgan fingerprint density at radius 2 is 1.68 bits per heavy atom. The lowest BCUT2D eigenvalue weighted by Gasteiger charge is -2.45. The molecule has 4 aromatic rings. The van der Waals surface area contributed by atoms with Crippen molar-refractivity contribution in [1.29, 1.82) is 0 Å². The van der Waals surface area contributed by atoms with E-state index < -0.39 is 36.4 Å². The number of aryl methyl sites for hydroxylation is 1. The predicted molar refractivity (Wildman–Crippen MR) is 223 cm³/mol. The van der Waals surface area contributed by atoms with Gasteiger partial charge in [0, 0.05) is 79.9 Å². The van der Waals surface area contributed by atoms with Crippen molar-refractivity contribution < 1.29 is 37.4 Å². The monoisotopic (exact) mass is 845 g/mol. The van der Waals surface area contributed by atoms with Gasteiger partial charge < -0.3 is 34.1 Å². The number of hydrogen-bond acceptors (Lipinski definition) is 11. The fourth-order valence-corrected chi connectivity index (χ4v) is 10.2. The van der Waals surface area contributed by atoms with Crippen LogP contribution in [0.5, 0.6) is 11.5 Å². The first-order valence-electron chi connectivity index (χ1n) is 20.1. The van der Waals surface area contributed by atoms with Crippen LogP contribution in [-0.2, 0) is 29.7 Å². The van der Waals surface area contributed by atoms with Gasteiger partial charge in [0.25, 0.3) is 23.3 Å². The van der Waals surface area contributed by atoms with Gasteiger partial charge in [-0.05, 0) is 81.2 Å². The Morgan fingerprint density at radius 3 is 2.33 bits per heavy atom. The summed E-state index contributed by atoms with van der Waals surface area (Å²) in [4.78, 5) is 72.1. The van der Waals surface area contributed by atoms with E-state index in [2.05, 4.69) is 15.5 Å². The maximum absolute atomic E-state index is 15.9. The van der Waals surface area contributed by atoms with Gasteiger partial charge in [-0.25, -0.2) is 8.78 Å². The summed E-state index contributed by atoms with van der Waals surface area (Å²) in [6, 6.07) is 8.79. The fourth-order valence-electron chi connectivity index (χ4n) is 9.09. The van der Waals surface area contributed by atoms with Crippen molar-refractivity contribution >= 4 is 50.7 Å². The molecule has 4 aliphatic heterocycles. The number of methoxy groups -OCH3 is 2. The number of anilines is 1. The van der Waals surface area contributed by atoms with Crippen molar-refractivity contribution in [3.8, 4) is 22.6 Å². The van der Waals surface area contributed by atoms with E-state index in [0.29, 0.717) is 90.3 Å². The fraction of sp³-hybridized carbons (Fsp3) is 0.465. The van der Waals surface area contributed by atoms with Crippen molar-refractivity contribution in [2.75, 3.05) is 59.4 Å². The Bertz CT molecular complexity index is 2420. The molecule has 0 spiro atoms. The normalized spacial score (nSPS) is 21.1. The SMILES string of the molecule is COc1cc(-c2cn(C)c(=O)c3cc(C(=O)N[C@H]4CCN(C5CCN(c6ccc7c(c6)C(=O)N([C@@H]6CCC(=O)NC6=O)C7)CC5)CC4(F)F)sc23)cc(OC)c1CN(C)C. The van der Waals surface area contributed by atoms with Gasteiger partial charge >= 0.3 is 0 Å². The third-order valence-corrected chi connectivity index (χ3v) is 13.4. The molecule has 3 saturated heterocycles. The number of rotatable bonds is 10. The van der Waals surface area contributed by atoms with Crippen molar-refractivity contribution in [2.45, 2.75) is 69.2 Å². The lowest BCUT2D eigenvalue weighted by molar-refractivity contribution is -0.136. The second-order valence-electron chi connectivity index (χ2n) is 16.4. The molecular weight excluding hydrogens is 797 g/mol. The first-order valence-corrected chi connectivity index (χ1v) is 21.0. The Kier molecular flexibility index (Phi) is 11.2. The predicted octanol–water partition coefficient (Wildman–Crippen LogP) is 4.22. The average molecular weight is 846 g/mol. The first kappa shape index (κ1) is 41.3. The van der Waals surface area contributed by atoms with E-state index in [1.807, 2.05) is 54.2 Å². The van der Waals surface area contributed by atoms with Crippen LogP contribution in [0.15, 0.2) is 47.4 Å². The van der Waals surface area contributed by atoms with Gasteiger partial charge in [-0.1, -0.05) is 6.07 Å². The number of hydrogen-bond donors (Lipinski definition) is 2. The molecule has 318 valence electrons. The summed E-state index contributed by atoms with van der Waals surface area (Å²) in [7, 11) is 8.67. The van der Waals surface area contributed by atoms with E-state index in [4.69, 9.17) is 9.47 Å². The maximum atomic E-state index is 15.9. The third kappa shape index (κ3) is 7.73. The highest BCUT2D eigenvalue weighted by atomic mass is 32.1. The highest BCUT2D eigenvalue weighted by molar-refractivity contribution is 7.21. The number of benzene rings is 2. The highest BCUT2D eigenvalue weighted by Crippen LogP contribution is 2.40. The summed E-state index contributed by atoms with van der Waals surface area (Å²) in [6.45, 7) is 2.00. The second-order valence-corrected chi connectivity index (χ2v) is 17.5. The Morgan fingerprint density at radius 1 is 0.967 bits per heavy atom. The number of nitrogens with one attached hydrogen (secondary N) is 2. The summed E-state index contributed by atoms with van der Waals surface area (Å²) in [5, 5.41) is 5.25. The number of halogens is 2. The summed E-state index contributed by atoms with van der Waals surface area (Å²) in [5.74, 6) is -3.66. The van der Waals surface area contributed by atoms with Crippen LogP contribution in [0.1, 0.15) is 63.3 Å². The van der Waals surface area contributed by atoms with E-state index in [1.165, 1.54) is 15.5 Å². The molecule has 2 N–H and O–H groups in total. The molecule has 3 fully saturated rings. The van der Waals surface area contributed by atoms with E-state index >= 15 is 8.78 Å². The first-order chi connectivity index (χ1) is 28.6. The smallest absolute Gasteiger partial charge is 0.280 e. The molecule has 2 aromatic heterocycles. The largest absolute Gasteiger partial charge is 0.496 e. The summed E-state index contributed by atoms with van der Waals surface area (Å²) in [5.41, 5.74) is 4.16. The second kappa shape index (κ2) is 16.2. The zero-order valence-corrected chi connectivity index (χ0v) is 35.1. The average Bonchev–Trinajstić information content (AvgIpc) is 3.81. The van der Waals surface area contributed by atoms with Crippen LogP contribution in [0.4, 0.5) is 14.5 Å². The number of alkyl halides is 2. The van der Waals surface area contributed by atoms with Gasteiger partial charge in [-0.15, -0.1) is 11.3 Å². The summed E-state index contributed by atoms with van der Waals surface area (Å²) < 4.78 is 45.3. The quantitative estimate of drug-likeness (QED) is 0.223. The number of amides is 4. The Hall–Kier alpha value is -5.39. The number of ether oxygens (including phenoxy) is 2. The van der Waals surface area contributed by atoms with E-state index in [-0.39, 0.29) is 41.1 Å². The van der Waals surface area contributed by atoms with Gasteiger partial charge in [0.1, 0.15) is 17.5 Å². The number of pyridine rings is 1. The van der Waals surface area contributed by atoms with E-state index in [1.54, 1.807) is 27.5 Å². The molecule has 60 heavy (non-hydrogen) atoms. The summed E-state index contributed by atoms with van der Waals surface area (Å²) >= 11 is 1.09. The van der Waals surface area contributed by atoms with Crippen LogP contribution in [0.2, 0.25) is 0 Å². The molecule has 0 radical (unpaired) electrons. The molecule has 6 heterocycles. The number of likely N-dealkylation sites (tertiary alicyclic amines) is 1. The van der Waals surface area contributed by atoms with Crippen LogP contribution in [-0.4, -0.2) is 121 Å². The van der Waals surface area contributed by atoms with Crippen LogP contribution in [0, 0.1) is 0 Å². The zero-order chi connectivity index (χ0) is 42.6. The number of imide groups is 1. The maximum Gasteiger partial charge on any atom is 0.280 e. The van der Waals surface area contributed by atoms with Gasteiger partial charge in [-0.2, -0.15) is 0 Å². The van der Waals surface area contributed by atoms with E-state index in [0.717, 1.165) is 28.2 Å². The van der Waals surface area contributed by atoms with Gasteiger partial charge in [0.05, 0.1) is 42.6 Å². The molecule has 4 amide bonds. The lowest BCUT2D eigenvalue weighted by atomic mass is 9.95. The minimum Gasteiger partial charge on any atom is -0.496 e. The standard InChI is InChI=1S/C43H49F2N7O7S/c1-48(2)21-31-33(58-4)16-25(17-34(31)59-5)30-22-49(3)41(56)29-19-35(60-38(29)30)40(55)46-36-12-15-51(23-43(36,44)45)26-10-13-50(14-11-26)27-7-6-24-20-52(42(57)28(24)18-27)32-8-9-37(53)47-39(32)54/h6-7,16-19,22,26,32,36H,8-15,20-21,23H2,1-5H3,(H,46,55)(H,47,53,54)/t32-,36+/m1/s1. The molecule has 14 nitrogen and oxygen atoms in total. The molecule has 4 aliphatic rings. The molecule has 2 atom stereocenters.